The first-order chi connectivity index (χ1) is 23.0. The molecule has 3 aromatic carbocycles. The van der Waals surface area contributed by atoms with E-state index in [1.165, 1.54) is 69.4 Å². The number of rotatable bonds is 12. The molecular formula is C32H31F4N5O7S. The molecule has 49 heavy (non-hydrogen) atoms. The van der Waals surface area contributed by atoms with Crippen molar-refractivity contribution >= 4 is 55.6 Å². The van der Waals surface area contributed by atoms with Crippen LogP contribution in [0.2, 0.25) is 0 Å². The van der Waals surface area contributed by atoms with Gasteiger partial charge in [-0.15, -0.1) is 0 Å². The molecule has 0 aliphatic heterocycles. The van der Waals surface area contributed by atoms with Gasteiger partial charge in [0.2, 0.25) is 5.91 Å². The number of anilines is 3. The highest BCUT2D eigenvalue weighted by Crippen LogP contribution is 2.36. The lowest BCUT2D eigenvalue weighted by atomic mass is 9.99. The predicted molar refractivity (Wildman–Crippen MR) is 171 cm³/mol. The number of alkyl halides is 3. The van der Waals surface area contributed by atoms with Gasteiger partial charge in [0.05, 0.1) is 17.3 Å². The number of ether oxygens (including phenoxy) is 2. The molecule has 0 aliphatic rings. The molecule has 0 bridgehead atoms. The fourth-order valence-corrected chi connectivity index (χ4v) is 5.93. The highest BCUT2D eigenvalue weighted by molar-refractivity contribution is 7.91. The Hall–Kier alpha value is -5.45. The average molecular weight is 706 g/mol. The van der Waals surface area contributed by atoms with E-state index >= 15 is 0 Å². The quantitative estimate of drug-likeness (QED) is 0.0910. The highest BCUT2D eigenvalue weighted by Gasteiger charge is 2.52. The second kappa shape index (κ2) is 14.3. The van der Waals surface area contributed by atoms with Crippen molar-refractivity contribution in [3.63, 3.8) is 0 Å². The number of nitrogens with two attached hydrogens (primary N) is 1. The molecule has 4 aromatic rings. The van der Waals surface area contributed by atoms with Gasteiger partial charge in [-0.3, -0.25) is 9.59 Å². The Morgan fingerprint density at radius 2 is 1.67 bits per heavy atom. The number of carbonyl (C=O) groups excluding carboxylic acids is 3. The molecule has 12 nitrogen and oxygen atoms in total. The summed E-state index contributed by atoms with van der Waals surface area (Å²) in [6.07, 6.45) is -4.23. The molecule has 0 fully saturated rings. The molecule has 1 unspecified atom stereocenters. The Labute approximate surface area is 277 Å². The van der Waals surface area contributed by atoms with Crippen LogP contribution in [0.1, 0.15) is 31.9 Å². The van der Waals surface area contributed by atoms with Crippen molar-refractivity contribution in [2.45, 2.75) is 44.1 Å². The third kappa shape index (κ3) is 8.17. The summed E-state index contributed by atoms with van der Waals surface area (Å²) in [4.78, 5) is 42.2. The predicted octanol–water partition coefficient (Wildman–Crippen LogP) is 4.79. The number of nitrogen functional groups attached to an aromatic ring is 1. The Kier molecular flexibility index (Phi) is 10.7. The summed E-state index contributed by atoms with van der Waals surface area (Å²) in [5.41, 5.74) is 2.42. The van der Waals surface area contributed by atoms with E-state index in [0.29, 0.717) is 10.8 Å². The minimum Gasteiger partial charge on any atom is -0.491 e. The third-order valence-corrected chi connectivity index (χ3v) is 8.91. The number of esters is 1. The first-order valence-corrected chi connectivity index (χ1v) is 16.2. The first-order valence-electron chi connectivity index (χ1n) is 14.6. The van der Waals surface area contributed by atoms with Crippen LogP contribution < -0.4 is 26.4 Å². The molecule has 0 saturated carbocycles. The van der Waals surface area contributed by atoms with Crippen LogP contribution in [-0.4, -0.2) is 49.7 Å². The van der Waals surface area contributed by atoms with Gasteiger partial charge in [-0.25, -0.2) is 22.6 Å². The standard InChI is InChI=1S/C32H31F4N5O7S/c1-4-47-26-16-21(6-10-25(26)33)31(48-30(44)32(34,35)36,41-23-7-9-24-19(14-23)12-13-38-28(24)37)29(43)39-17-20-15-22(40-18(3)42)8-11-27(20)49(45,46)5-2/h6-16,41H,4-5,17H2,1-3H3,(H2,37,38)(H,39,43)(H,40,42). The van der Waals surface area contributed by atoms with Crippen LogP contribution in [0.15, 0.2) is 71.8 Å². The molecule has 1 atom stereocenters. The van der Waals surface area contributed by atoms with E-state index in [0.717, 1.165) is 18.2 Å². The largest absolute Gasteiger partial charge is 0.491 e. The summed E-state index contributed by atoms with van der Waals surface area (Å²) in [6.45, 7) is 3.38. The molecule has 1 aromatic heterocycles. The minimum atomic E-state index is -5.60. The Balaban J connectivity index is 1.91. The Morgan fingerprint density at radius 3 is 2.33 bits per heavy atom. The van der Waals surface area contributed by atoms with Crippen LogP contribution in [0.5, 0.6) is 5.75 Å². The number of hydrogen-bond acceptors (Lipinski definition) is 10. The number of nitrogens with one attached hydrogen (secondary N) is 3. The van der Waals surface area contributed by atoms with Crippen molar-refractivity contribution < 1.29 is 49.8 Å². The maximum Gasteiger partial charge on any atom is 0.491 e. The van der Waals surface area contributed by atoms with E-state index in [9.17, 15) is 40.4 Å². The molecule has 260 valence electrons. The topological polar surface area (TPSA) is 179 Å². The number of hydrogen-bond donors (Lipinski definition) is 4. The normalized spacial score (nSPS) is 12.9. The van der Waals surface area contributed by atoms with Crippen LogP contribution in [0.25, 0.3) is 10.8 Å². The number of halogens is 4. The molecule has 4 rings (SSSR count). The monoisotopic (exact) mass is 705 g/mol. The average Bonchev–Trinajstić information content (AvgIpc) is 3.03. The number of fused-ring (bicyclic) bond motifs is 1. The van der Waals surface area contributed by atoms with Gasteiger partial charge < -0.3 is 31.2 Å². The lowest BCUT2D eigenvalue weighted by Crippen LogP contribution is -2.54. The smallest absolute Gasteiger partial charge is 0.491 e. The van der Waals surface area contributed by atoms with Crippen LogP contribution >= 0.6 is 0 Å². The Bertz CT molecular complexity index is 2030. The van der Waals surface area contributed by atoms with Crippen LogP contribution in [-0.2, 0) is 41.2 Å². The number of nitrogens with zero attached hydrogens (tertiary/aromatic N) is 1. The number of pyridine rings is 1. The van der Waals surface area contributed by atoms with E-state index in [1.54, 1.807) is 0 Å². The molecule has 2 amide bonds. The van der Waals surface area contributed by atoms with Crippen LogP contribution in [0.4, 0.5) is 34.8 Å². The van der Waals surface area contributed by atoms with E-state index in [1.807, 2.05) is 0 Å². The van der Waals surface area contributed by atoms with E-state index in [-0.39, 0.29) is 40.0 Å². The van der Waals surface area contributed by atoms with Crippen molar-refractivity contribution in [1.82, 2.24) is 10.3 Å². The maximum absolute atomic E-state index is 14.7. The SMILES string of the molecule is CCOc1cc(C(Nc2ccc3c(N)nccc3c2)(OC(=O)C(F)(F)F)C(=O)NCc2cc(NC(C)=O)ccc2S(=O)(=O)CC)ccc1F. The van der Waals surface area contributed by atoms with E-state index < -0.39 is 63.2 Å². The van der Waals surface area contributed by atoms with Gasteiger partial charge in [0.25, 0.3) is 11.6 Å². The second-order valence-electron chi connectivity index (χ2n) is 10.5. The zero-order chi connectivity index (χ0) is 36.1. The van der Waals surface area contributed by atoms with Crippen molar-refractivity contribution in [3.8, 4) is 5.75 Å². The second-order valence-corrected chi connectivity index (χ2v) is 12.7. The molecule has 0 radical (unpaired) electrons. The van der Waals surface area contributed by atoms with Crippen molar-refractivity contribution in [1.29, 1.82) is 0 Å². The minimum absolute atomic E-state index is 0.0487. The van der Waals surface area contributed by atoms with Gasteiger partial charge in [0.15, 0.2) is 21.4 Å². The van der Waals surface area contributed by atoms with E-state index in [4.69, 9.17) is 15.2 Å². The van der Waals surface area contributed by atoms with Gasteiger partial charge >= 0.3 is 12.1 Å². The number of benzene rings is 3. The Morgan fingerprint density at radius 1 is 0.959 bits per heavy atom. The van der Waals surface area contributed by atoms with Crippen LogP contribution in [0, 0.1) is 5.82 Å². The van der Waals surface area contributed by atoms with Gasteiger partial charge in [0, 0.05) is 42.0 Å². The summed E-state index contributed by atoms with van der Waals surface area (Å²) in [5.74, 6) is -6.31. The van der Waals surface area contributed by atoms with Gasteiger partial charge in [-0.1, -0.05) is 6.92 Å². The summed E-state index contributed by atoms with van der Waals surface area (Å²) in [6, 6.07) is 12.1. The number of sulfone groups is 1. The molecule has 17 heteroatoms. The third-order valence-electron chi connectivity index (χ3n) is 7.09. The van der Waals surface area contributed by atoms with Crippen LogP contribution in [0.3, 0.4) is 0 Å². The summed E-state index contributed by atoms with van der Waals surface area (Å²) < 4.78 is 92.1. The fourth-order valence-electron chi connectivity index (χ4n) is 4.82. The number of amides is 2. The van der Waals surface area contributed by atoms with Crippen molar-refractivity contribution in [2.24, 2.45) is 0 Å². The zero-order valence-electron chi connectivity index (χ0n) is 26.3. The first kappa shape index (κ1) is 36.4. The van der Waals surface area contributed by atoms with Crippen molar-refractivity contribution in [2.75, 3.05) is 28.7 Å². The molecule has 1 heterocycles. The zero-order valence-corrected chi connectivity index (χ0v) is 27.1. The van der Waals surface area contributed by atoms with Gasteiger partial charge in [-0.2, -0.15) is 13.2 Å². The van der Waals surface area contributed by atoms with Crippen molar-refractivity contribution in [3.05, 3.63) is 83.8 Å². The highest BCUT2D eigenvalue weighted by atomic mass is 32.2. The molecule has 5 N–H and O–H groups in total. The van der Waals surface area contributed by atoms with E-state index in [2.05, 4.69) is 20.9 Å². The van der Waals surface area contributed by atoms with Gasteiger partial charge in [0.1, 0.15) is 5.82 Å². The number of carbonyl (C=O) groups is 3. The maximum atomic E-state index is 14.7. The summed E-state index contributed by atoms with van der Waals surface area (Å²) in [5, 5.41) is 8.31. The molecular weight excluding hydrogens is 674 g/mol. The summed E-state index contributed by atoms with van der Waals surface area (Å²) >= 11 is 0. The molecule has 0 spiro atoms. The lowest BCUT2D eigenvalue weighted by molar-refractivity contribution is -0.213. The lowest BCUT2D eigenvalue weighted by Gasteiger charge is -2.34. The molecule has 0 saturated heterocycles. The fraction of sp³-hybridized carbons (Fsp3) is 0.250. The summed E-state index contributed by atoms with van der Waals surface area (Å²) in [7, 11) is -3.92. The van der Waals surface area contributed by atoms with Gasteiger partial charge in [-0.05, 0) is 78.5 Å². The molecule has 0 aliphatic carbocycles. The number of aromatic nitrogens is 1.